The molecule has 0 saturated carbocycles. The van der Waals surface area contributed by atoms with Crippen molar-refractivity contribution < 1.29 is 9.53 Å². The van der Waals surface area contributed by atoms with Crippen molar-refractivity contribution in [1.82, 2.24) is 15.0 Å². The standard InChI is InChI=1S/C18H21N5O2/c24-17(22-13-3-1-6-19-11-13)14-5-10-25-16-4-9-23(12-15(14)16)18-20-7-2-8-21-18/h1-3,6-8,11,14-16H,4-5,9-10,12H2,(H,22,24)/t14-,15+,16-/m1/s1. The van der Waals surface area contributed by atoms with Crippen molar-refractivity contribution in [1.29, 1.82) is 0 Å². The van der Waals surface area contributed by atoms with E-state index in [4.69, 9.17) is 4.74 Å². The number of hydrogen-bond acceptors (Lipinski definition) is 6. The smallest absolute Gasteiger partial charge is 0.228 e. The summed E-state index contributed by atoms with van der Waals surface area (Å²) in [6, 6.07) is 5.48. The monoisotopic (exact) mass is 339 g/mol. The van der Waals surface area contributed by atoms with Crippen LogP contribution in [0.1, 0.15) is 12.8 Å². The second kappa shape index (κ2) is 7.14. The lowest BCUT2D eigenvalue weighted by atomic mass is 9.79. The fourth-order valence-electron chi connectivity index (χ4n) is 3.75. The minimum Gasteiger partial charge on any atom is -0.378 e. The molecular weight excluding hydrogens is 318 g/mol. The second-order valence-corrected chi connectivity index (χ2v) is 6.48. The highest BCUT2D eigenvalue weighted by atomic mass is 16.5. The van der Waals surface area contributed by atoms with Crippen LogP contribution in [0.2, 0.25) is 0 Å². The summed E-state index contributed by atoms with van der Waals surface area (Å²) in [6.45, 7) is 2.22. The van der Waals surface area contributed by atoms with Crippen LogP contribution in [-0.4, -0.2) is 46.7 Å². The van der Waals surface area contributed by atoms with Gasteiger partial charge in [-0.1, -0.05) is 0 Å². The van der Waals surface area contributed by atoms with E-state index in [1.165, 1.54) is 0 Å². The molecule has 0 unspecified atom stereocenters. The van der Waals surface area contributed by atoms with Crippen LogP contribution < -0.4 is 10.2 Å². The van der Waals surface area contributed by atoms with E-state index in [9.17, 15) is 4.79 Å². The van der Waals surface area contributed by atoms with Gasteiger partial charge in [-0.15, -0.1) is 0 Å². The minimum atomic E-state index is -0.0783. The Morgan fingerprint density at radius 3 is 2.88 bits per heavy atom. The number of fused-ring (bicyclic) bond motifs is 1. The number of pyridine rings is 1. The van der Waals surface area contributed by atoms with E-state index in [0.29, 0.717) is 6.61 Å². The molecule has 1 N–H and O–H groups in total. The van der Waals surface area contributed by atoms with Crippen LogP contribution in [0.3, 0.4) is 0 Å². The quantitative estimate of drug-likeness (QED) is 0.917. The van der Waals surface area contributed by atoms with Gasteiger partial charge in [0.25, 0.3) is 0 Å². The summed E-state index contributed by atoms with van der Waals surface area (Å²) in [7, 11) is 0. The Bertz CT molecular complexity index is 712. The number of nitrogens with zero attached hydrogens (tertiary/aromatic N) is 4. The topological polar surface area (TPSA) is 80.2 Å². The summed E-state index contributed by atoms with van der Waals surface area (Å²) < 4.78 is 5.94. The molecule has 4 heterocycles. The molecule has 0 spiro atoms. The van der Waals surface area contributed by atoms with Crippen LogP contribution >= 0.6 is 0 Å². The zero-order valence-corrected chi connectivity index (χ0v) is 13.9. The highest BCUT2D eigenvalue weighted by Crippen LogP contribution is 2.34. The van der Waals surface area contributed by atoms with Gasteiger partial charge in [0.05, 0.1) is 18.0 Å². The third-order valence-corrected chi connectivity index (χ3v) is 4.97. The molecule has 2 aromatic rings. The van der Waals surface area contributed by atoms with Gasteiger partial charge in [-0.3, -0.25) is 9.78 Å². The largest absolute Gasteiger partial charge is 0.378 e. The molecule has 2 fully saturated rings. The fourth-order valence-corrected chi connectivity index (χ4v) is 3.75. The molecule has 0 bridgehead atoms. The van der Waals surface area contributed by atoms with E-state index in [-0.39, 0.29) is 23.8 Å². The van der Waals surface area contributed by atoms with E-state index < -0.39 is 0 Å². The van der Waals surface area contributed by atoms with Crippen LogP contribution in [0.5, 0.6) is 0 Å². The summed E-state index contributed by atoms with van der Waals surface area (Å²) >= 11 is 0. The maximum Gasteiger partial charge on any atom is 0.228 e. The van der Waals surface area contributed by atoms with Crippen LogP contribution in [-0.2, 0) is 9.53 Å². The van der Waals surface area contributed by atoms with Gasteiger partial charge in [0.2, 0.25) is 11.9 Å². The fraction of sp³-hybridized carbons (Fsp3) is 0.444. The number of carbonyl (C=O) groups excluding carboxylic acids is 1. The molecule has 1 amide bonds. The molecule has 2 saturated heterocycles. The van der Waals surface area contributed by atoms with E-state index in [1.807, 2.05) is 18.2 Å². The van der Waals surface area contributed by atoms with Crippen LogP contribution in [0, 0.1) is 11.8 Å². The van der Waals surface area contributed by atoms with Gasteiger partial charge in [-0.05, 0) is 31.0 Å². The van der Waals surface area contributed by atoms with Gasteiger partial charge in [-0.25, -0.2) is 9.97 Å². The Morgan fingerprint density at radius 2 is 2.08 bits per heavy atom. The average molecular weight is 339 g/mol. The van der Waals surface area contributed by atoms with Gasteiger partial charge in [0, 0.05) is 50.1 Å². The van der Waals surface area contributed by atoms with Crippen molar-refractivity contribution >= 4 is 17.5 Å². The second-order valence-electron chi connectivity index (χ2n) is 6.48. The first-order valence-corrected chi connectivity index (χ1v) is 8.66. The van der Waals surface area contributed by atoms with E-state index >= 15 is 0 Å². The number of piperidine rings is 1. The first kappa shape index (κ1) is 16.0. The van der Waals surface area contributed by atoms with E-state index in [2.05, 4.69) is 25.2 Å². The molecule has 7 nitrogen and oxygen atoms in total. The number of nitrogens with one attached hydrogen (secondary N) is 1. The van der Waals surface area contributed by atoms with Gasteiger partial charge in [0.1, 0.15) is 0 Å². The van der Waals surface area contributed by atoms with Crippen LogP contribution in [0.25, 0.3) is 0 Å². The number of aromatic nitrogens is 3. The molecule has 0 aliphatic carbocycles. The number of hydrogen-bond donors (Lipinski definition) is 1. The average Bonchev–Trinajstić information content (AvgIpc) is 2.68. The Kier molecular flexibility index (Phi) is 4.56. The van der Waals surface area contributed by atoms with E-state index in [1.54, 1.807) is 24.8 Å². The molecule has 2 aromatic heterocycles. The van der Waals surface area contributed by atoms with Crippen molar-refractivity contribution in [2.24, 2.45) is 11.8 Å². The van der Waals surface area contributed by atoms with Crippen molar-refractivity contribution in [3.63, 3.8) is 0 Å². The van der Waals surface area contributed by atoms with Crippen LogP contribution in [0.15, 0.2) is 43.0 Å². The summed E-state index contributed by atoms with van der Waals surface area (Å²) in [5.74, 6) is 0.827. The Balaban J connectivity index is 1.49. The zero-order chi connectivity index (χ0) is 17.1. The summed E-state index contributed by atoms with van der Waals surface area (Å²) in [6.07, 6.45) is 8.60. The number of carbonyl (C=O) groups is 1. The Hall–Kier alpha value is -2.54. The minimum absolute atomic E-state index is 0.0436. The van der Waals surface area contributed by atoms with Gasteiger partial charge < -0.3 is 15.0 Å². The molecule has 2 aliphatic rings. The number of ether oxygens (including phenoxy) is 1. The van der Waals surface area contributed by atoms with Crippen molar-refractivity contribution in [3.05, 3.63) is 43.0 Å². The molecule has 4 rings (SSSR count). The lowest BCUT2D eigenvalue weighted by Gasteiger charge is -2.44. The maximum atomic E-state index is 12.8. The molecule has 0 radical (unpaired) electrons. The Morgan fingerprint density at radius 1 is 1.20 bits per heavy atom. The van der Waals surface area contributed by atoms with Crippen molar-refractivity contribution in [2.75, 3.05) is 29.9 Å². The summed E-state index contributed by atoms with van der Waals surface area (Å²) in [5.41, 5.74) is 0.731. The normalized spacial score (nSPS) is 25.9. The lowest BCUT2D eigenvalue weighted by molar-refractivity contribution is -0.131. The maximum absolute atomic E-state index is 12.8. The van der Waals surface area contributed by atoms with Gasteiger partial charge in [-0.2, -0.15) is 0 Å². The van der Waals surface area contributed by atoms with Gasteiger partial charge in [0.15, 0.2) is 0 Å². The lowest BCUT2D eigenvalue weighted by Crippen LogP contribution is -2.53. The summed E-state index contributed by atoms with van der Waals surface area (Å²) in [5, 5.41) is 2.99. The zero-order valence-electron chi connectivity index (χ0n) is 13.9. The van der Waals surface area contributed by atoms with Crippen molar-refractivity contribution in [2.45, 2.75) is 18.9 Å². The number of rotatable bonds is 3. The molecule has 25 heavy (non-hydrogen) atoms. The molecule has 7 heteroatoms. The number of amides is 1. The predicted octanol–water partition coefficient (Wildman–Crippen LogP) is 1.74. The van der Waals surface area contributed by atoms with Crippen LogP contribution in [0.4, 0.5) is 11.6 Å². The third kappa shape index (κ3) is 3.46. The number of anilines is 2. The third-order valence-electron chi connectivity index (χ3n) is 4.97. The Labute approximate surface area is 146 Å². The van der Waals surface area contributed by atoms with E-state index in [0.717, 1.165) is 37.6 Å². The molecular formula is C18H21N5O2. The predicted molar refractivity (Wildman–Crippen MR) is 93.1 cm³/mol. The molecule has 3 atom stereocenters. The molecule has 2 aliphatic heterocycles. The first-order chi connectivity index (χ1) is 12.3. The highest BCUT2D eigenvalue weighted by molar-refractivity contribution is 5.92. The highest BCUT2D eigenvalue weighted by Gasteiger charge is 2.42. The first-order valence-electron chi connectivity index (χ1n) is 8.66. The molecule has 0 aromatic carbocycles. The van der Waals surface area contributed by atoms with Crippen molar-refractivity contribution in [3.8, 4) is 0 Å². The molecule has 130 valence electrons. The van der Waals surface area contributed by atoms with Gasteiger partial charge >= 0.3 is 0 Å². The SMILES string of the molecule is O=C(Nc1cccnc1)[C@@H]1CCO[C@@H]2CCN(c3ncccn3)C[C@H]21. The summed E-state index contributed by atoms with van der Waals surface area (Å²) in [4.78, 5) is 27.7.